The number of likely N-dealkylation sites (tertiary alicyclic amines) is 1. The van der Waals surface area contributed by atoms with Gasteiger partial charge in [0.15, 0.2) is 0 Å². The summed E-state index contributed by atoms with van der Waals surface area (Å²) < 4.78 is 4.89. The molecule has 0 N–H and O–H groups in total. The molecule has 1 fully saturated rings. The first-order chi connectivity index (χ1) is 8.95. The number of hydrogen-bond donors (Lipinski definition) is 0. The first-order valence-electron chi connectivity index (χ1n) is 7.08. The van der Waals surface area contributed by atoms with Crippen molar-refractivity contribution in [2.24, 2.45) is 11.8 Å². The molecule has 1 aliphatic heterocycles. The Labute approximate surface area is 115 Å². The summed E-state index contributed by atoms with van der Waals surface area (Å²) in [5.74, 6) is 0.902. The van der Waals surface area contributed by atoms with Gasteiger partial charge in [0.25, 0.3) is 0 Å². The molecule has 1 saturated heterocycles. The lowest BCUT2D eigenvalue weighted by atomic mass is 9.89. The van der Waals surface area contributed by atoms with E-state index in [-0.39, 0.29) is 5.91 Å². The van der Waals surface area contributed by atoms with Gasteiger partial charge in [0.2, 0.25) is 5.91 Å². The predicted molar refractivity (Wildman–Crippen MR) is 74.5 cm³/mol. The van der Waals surface area contributed by atoms with Crippen LogP contribution in [-0.4, -0.2) is 36.5 Å². The third kappa shape index (κ3) is 4.69. The Hall–Kier alpha value is -1.32. The van der Waals surface area contributed by atoms with Gasteiger partial charge in [-0.15, -0.1) is 0 Å². The van der Waals surface area contributed by atoms with Gasteiger partial charge in [0.05, 0.1) is 13.2 Å². The minimum absolute atomic E-state index is 0.119. The fourth-order valence-corrected chi connectivity index (χ4v) is 2.42. The van der Waals surface area contributed by atoms with Crippen LogP contribution in [0.15, 0.2) is 12.2 Å². The van der Waals surface area contributed by atoms with Gasteiger partial charge in [-0.1, -0.05) is 20.4 Å². The summed E-state index contributed by atoms with van der Waals surface area (Å²) in [6.45, 7) is 11.2. The van der Waals surface area contributed by atoms with Gasteiger partial charge in [-0.05, 0) is 31.6 Å². The second-order valence-corrected chi connectivity index (χ2v) is 5.47. The highest BCUT2D eigenvalue weighted by Crippen LogP contribution is 2.25. The van der Waals surface area contributed by atoms with Crippen molar-refractivity contribution in [1.29, 1.82) is 0 Å². The Bertz CT molecular complexity index is 349. The van der Waals surface area contributed by atoms with Crippen LogP contribution in [0.25, 0.3) is 0 Å². The van der Waals surface area contributed by atoms with E-state index in [1.54, 1.807) is 11.8 Å². The number of esters is 1. The minimum atomic E-state index is -0.403. The number of ether oxygens (including phenoxy) is 1. The number of hydrogen-bond acceptors (Lipinski definition) is 3. The van der Waals surface area contributed by atoms with Gasteiger partial charge >= 0.3 is 5.97 Å². The molecule has 1 aliphatic rings. The van der Waals surface area contributed by atoms with Crippen molar-refractivity contribution in [3.63, 3.8) is 0 Å². The Morgan fingerprint density at radius 2 is 2.16 bits per heavy atom. The quantitative estimate of drug-likeness (QED) is 0.567. The molecule has 4 nitrogen and oxygen atoms in total. The standard InChI is InChI=1S/C15H25NO3/c1-5-19-15(18)12(4)10-16-9-8-13(11(2)3)6-7-14(16)17/h11,13H,4-10H2,1-3H3. The zero-order valence-electron chi connectivity index (χ0n) is 12.3. The summed E-state index contributed by atoms with van der Waals surface area (Å²) in [6.07, 6.45) is 2.51. The monoisotopic (exact) mass is 267 g/mol. The van der Waals surface area contributed by atoms with E-state index in [1.165, 1.54) is 0 Å². The predicted octanol–water partition coefficient (Wildman–Crippen LogP) is 2.39. The van der Waals surface area contributed by atoms with E-state index in [0.717, 1.165) is 12.8 Å². The van der Waals surface area contributed by atoms with Gasteiger partial charge in [-0.3, -0.25) is 4.79 Å². The van der Waals surface area contributed by atoms with Crippen LogP contribution >= 0.6 is 0 Å². The molecule has 0 spiro atoms. The third-order valence-corrected chi connectivity index (χ3v) is 3.74. The first kappa shape index (κ1) is 15.7. The van der Waals surface area contributed by atoms with Crippen molar-refractivity contribution in [3.05, 3.63) is 12.2 Å². The van der Waals surface area contributed by atoms with Crippen molar-refractivity contribution in [1.82, 2.24) is 4.90 Å². The van der Waals surface area contributed by atoms with Crippen molar-refractivity contribution in [2.75, 3.05) is 19.7 Å². The number of carbonyl (C=O) groups is 2. The van der Waals surface area contributed by atoms with E-state index >= 15 is 0 Å². The summed E-state index contributed by atoms with van der Waals surface area (Å²) >= 11 is 0. The van der Waals surface area contributed by atoms with Crippen LogP contribution in [0.4, 0.5) is 0 Å². The molecule has 1 heterocycles. The molecular formula is C15H25NO3. The number of nitrogens with zero attached hydrogens (tertiary/aromatic N) is 1. The van der Waals surface area contributed by atoms with Crippen LogP contribution < -0.4 is 0 Å². The lowest BCUT2D eigenvalue weighted by Crippen LogP contribution is -2.34. The number of amides is 1. The average Bonchev–Trinajstić information content (AvgIpc) is 2.53. The summed E-state index contributed by atoms with van der Waals surface area (Å²) in [5.41, 5.74) is 0.359. The second kappa shape index (κ2) is 7.31. The van der Waals surface area contributed by atoms with Crippen LogP contribution in [0.1, 0.15) is 40.0 Å². The van der Waals surface area contributed by atoms with Crippen LogP contribution in [0.2, 0.25) is 0 Å². The Morgan fingerprint density at radius 3 is 2.74 bits per heavy atom. The molecule has 0 aromatic rings. The molecule has 1 rings (SSSR count). The van der Waals surface area contributed by atoms with Crippen molar-refractivity contribution in [3.8, 4) is 0 Å². The molecule has 4 heteroatoms. The SMILES string of the molecule is C=C(CN1CCC(C(C)C)CCC1=O)C(=O)OCC. The summed E-state index contributed by atoms with van der Waals surface area (Å²) in [4.78, 5) is 25.3. The zero-order valence-corrected chi connectivity index (χ0v) is 12.3. The molecule has 1 atom stereocenters. The highest BCUT2D eigenvalue weighted by Gasteiger charge is 2.25. The molecule has 19 heavy (non-hydrogen) atoms. The van der Waals surface area contributed by atoms with Crippen LogP contribution in [0.3, 0.4) is 0 Å². The van der Waals surface area contributed by atoms with Crippen molar-refractivity contribution < 1.29 is 14.3 Å². The van der Waals surface area contributed by atoms with Crippen molar-refractivity contribution >= 4 is 11.9 Å². The number of rotatable bonds is 5. The van der Waals surface area contributed by atoms with Crippen LogP contribution in [0.5, 0.6) is 0 Å². The Kier molecular flexibility index (Phi) is 6.06. The summed E-state index contributed by atoms with van der Waals surface area (Å²) in [6, 6.07) is 0. The average molecular weight is 267 g/mol. The Balaban J connectivity index is 2.56. The van der Waals surface area contributed by atoms with Gasteiger partial charge in [0, 0.05) is 18.5 Å². The van der Waals surface area contributed by atoms with Gasteiger partial charge in [-0.2, -0.15) is 0 Å². The maximum absolute atomic E-state index is 12.0. The van der Waals surface area contributed by atoms with E-state index in [1.807, 2.05) is 0 Å². The van der Waals surface area contributed by atoms with Gasteiger partial charge in [-0.25, -0.2) is 4.79 Å². The molecule has 0 aliphatic carbocycles. The Morgan fingerprint density at radius 1 is 1.47 bits per heavy atom. The molecule has 0 saturated carbocycles. The second-order valence-electron chi connectivity index (χ2n) is 5.47. The molecule has 108 valence electrons. The lowest BCUT2D eigenvalue weighted by Gasteiger charge is -2.22. The minimum Gasteiger partial charge on any atom is -0.463 e. The van der Waals surface area contributed by atoms with E-state index in [0.29, 0.717) is 43.5 Å². The first-order valence-corrected chi connectivity index (χ1v) is 7.08. The van der Waals surface area contributed by atoms with Crippen LogP contribution in [-0.2, 0) is 14.3 Å². The zero-order chi connectivity index (χ0) is 14.4. The van der Waals surface area contributed by atoms with E-state index < -0.39 is 5.97 Å². The molecule has 1 unspecified atom stereocenters. The molecule has 0 aromatic carbocycles. The lowest BCUT2D eigenvalue weighted by molar-refractivity contribution is -0.139. The maximum Gasteiger partial charge on any atom is 0.335 e. The highest BCUT2D eigenvalue weighted by molar-refractivity contribution is 5.89. The van der Waals surface area contributed by atoms with Gasteiger partial charge < -0.3 is 9.64 Å². The molecule has 0 bridgehead atoms. The maximum atomic E-state index is 12.0. The van der Waals surface area contributed by atoms with E-state index in [4.69, 9.17) is 4.74 Å². The molecule has 1 amide bonds. The van der Waals surface area contributed by atoms with Gasteiger partial charge in [0.1, 0.15) is 0 Å². The fraction of sp³-hybridized carbons (Fsp3) is 0.733. The molecule has 0 radical (unpaired) electrons. The fourth-order valence-electron chi connectivity index (χ4n) is 2.42. The molecular weight excluding hydrogens is 242 g/mol. The third-order valence-electron chi connectivity index (χ3n) is 3.74. The molecule has 0 aromatic heterocycles. The summed E-state index contributed by atoms with van der Waals surface area (Å²) in [5, 5.41) is 0. The number of carbonyl (C=O) groups excluding carboxylic acids is 2. The van der Waals surface area contributed by atoms with E-state index in [2.05, 4.69) is 20.4 Å². The normalized spacial score (nSPS) is 20.3. The largest absolute Gasteiger partial charge is 0.463 e. The smallest absolute Gasteiger partial charge is 0.335 e. The van der Waals surface area contributed by atoms with E-state index in [9.17, 15) is 9.59 Å². The van der Waals surface area contributed by atoms with Crippen molar-refractivity contribution in [2.45, 2.75) is 40.0 Å². The summed E-state index contributed by atoms with van der Waals surface area (Å²) in [7, 11) is 0. The highest BCUT2D eigenvalue weighted by atomic mass is 16.5. The van der Waals surface area contributed by atoms with Crippen LogP contribution in [0, 0.1) is 11.8 Å². The topological polar surface area (TPSA) is 46.6 Å².